The van der Waals surface area contributed by atoms with Crippen LogP contribution < -0.4 is 11.3 Å². The maximum absolute atomic E-state index is 14.5. The Morgan fingerprint density at radius 2 is 1.87 bits per heavy atom. The molecule has 3 N–H and O–H groups in total. The number of aliphatic hydroxyl groups is 1. The van der Waals surface area contributed by atoms with Gasteiger partial charge in [0, 0.05) is 33.7 Å². The molecule has 1 unspecified atom stereocenters. The fourth-order valence-corrected chi connectivity index (χ4v) is 5.65. The molecule has 8 nitrogen and oxygen atoms in total. The number of esters is 1. The number of halogens is 1. The van der Waals surface area contributed by atoms with Crippen molar-refractivity contribution in [3.63, 3.8) is 0 Å². The zero-order chi connectivity index (χ0) is 28.8. The Kier molecular flexibility index (Phi) is 7.91. The SMILES string of the molecule is CC.CC(C)(S)CC(N)=O.Cc1c(F)cc2nc3c(c4c2c1CCC4)Cn1c-3cc2c(c1=O)COC(=O)C2O. The van der Waals surface area contributed by atoms with Crippen molar-refractivity contribution in [3.8, 4) is 11.4 Å². The number of nitrogens with two attached hydrogens (primary N) is 1. The van der Waals surface area contributed by atoms with Crippen LogP contribution in [0.3, 0.4) is 0 Å². The number of aliphatic hydroxyl groups excluding tert-OH is 1. The second-order valence-electron chi connectivity index (χ2n) is 10.4. The Morgan fingerprint density at radius 3 is 2.49 bits per heavy atom. The van der Waals surface area contributed by atoms with E-state index in [1.807, 2.05) is 27.7 Å². The molecule has 0 spiro atoms. The van der Waals surface area contributed by atoms with Gasteiger partial charge in [-0.3, -0.25) is 9.59 Å². The molecule has 0 saturated carbocycles. The van der Waals surface area contributed by atoms with Gasteiger partial charge in [-0.1, -0.05) is 27.7 Å². The van der Waals surface area contributed by atoms with E-state index in [2.05, 4.69) is 12.6 Å². The summed E-state index contributed by atoms with van der Waals surface area (Å²) < 4.78 is 20.8. The lowest BCUT2D eigenvalue weighted by atomic mass is 9.85. The van der Waals surface area contributed by atoms with Crippen molar-refractivity contribution in [1.29, 1.82) is 0 Å². The molecule has 0 bridgehead atoms. The van der Waals surface area contributed by atoms with Crippen LogP contribution in [0, 0.1) is 12.7 Å². The summed E-state index contributed by atoms with van der Waals surface area (Å²) in [6.07, 6.45) is 1.45. The minimum absolute atomic E-state index is 0.141. The quantitative estimate of drug-likeness (QED) is 0.253. The molecule has 6 rings (SSSR count). The van der Waals surface area contributed by atoms with E-state index in [-0.39, 0.29) is 34.2 Å². The molecule has 208 valence electrons. The number of hydrogen-bond donors (Lipinski definition) is 3. The van der Waals surface area contributed by atoms with Gasteiger partial charge < -0.3 is 20.1 Å². The highest BCUT2D eigenvalue weighted by Crippen LogP contribution is 2.42. The predicted octanol–water partition coefficient (Wildman–Crippen LogP) is 4.05. The van der Waals surface area contributed by atoms with Crippen molar-refractivity contribution in [1.82, 2.24) is 9.55 Å². The number of thiol groups is 1. The Hall–Kier alpha value is -3.24. The molecule has 10 heteroatoms. The lowest BCUT2D eigenvalue weighted by Crippen LogP contribution is -2.32. The molecule has 0 fully saturated rings. The third-order valence-electron chi connectivity index (χ3n) is 7.15. The molecular formula is C29H34FN3O5S. The summed E-state index contributed by atoms with van der Waals surface area (Å²) in [6, 6.07) is 3.13. The number of nitrogens with zero attached hydrogens (tertiary/aromatic N) is 2. The average molecular weight is 556 g/mol. The van der Waals surface area contributed by atoms with E-state index in [0.717, 1.165) is 41.3 Å². The zero-order valence-electron chi connectivity index (χ0n) is 22.9. The summed E-state index contributed by atoms with van der Waals surface area (Å²) in [5.41, 5.74) is 10.8. The van der Waals surface area contributed by atoms with Gasteiger partial charge in [0.25, 0.3) is 5.56 Å². The lowest BCUT2D eigenvalue weighted by Gasteiger charge is -2.22. The predicted molar refractivity (Wildman–Crippen MR) is 150 cm³/mol. The van der Waals surface area contributed by atoms with Gasteiger partial charge in [0.15, 0.2) is 6.10 Å². The summed E-state index contributed by atoms with van der Waals surface area (Å²) in [6.45, 7) is 9.74. The van der Waals surface area contributed by atoms with Crippen molar-refractivity contribution in [2.45, 2.75) is 84.3 Å². The standard InChI is InChI=1S/C22H17FN2O4.C5H11NOS.C2H6/c1-9-10-3-2-4-11-13-7-25-17(19(13)24-16(18(10)11)6-15(9)23)5-12-14(21(25)27)8-29-22(28)20(12)26;1-5(2,8)3-4(6)7;1-2/h5-6,20,26H,2-4,7-8H2,1H3;8H,3H2,1-2H3,(H2,6,7);1-2H3. The molecule has 1 aromatic carbocycles. The van der Waals surface area contributed by atoms with Crippen LogP contribution in [0.4, 0.5) is 4.39 Å². The first kappa shape index (κ1) is 28.8. The highest BCUT2D eigenvalue weighted by Gasteiger charge is 2.35. The van der Waals surface area contributed by atoms with E-state index in [1.165, 1.54) is 6.07 Å². The number of aryl methyl sites for hydroxylation is 2. The molecule has 1 atom stereocenters. The number of rotatable bonds is 2. The number of amides is 1. The monoisotopic (exact) mass is 555 g/mol. The highest BCUT2D eigenvalue weighted by atomic mass is 32.1. The lowest BCUT2D eigenvalue weighted by molar-refractivity contribution is -0.157. The maximum Gasteiger partial charge on any atom is 0.340 e. The number of benzene rings is 1. The van der Waals surface area contributed by atoms with E-state index in [0.29, 0.717) is 41.0 Å². The van der Waals surface area contributed by atoms with Crippen molar-refractivity contribution in [2.24, 2.45) is 5.73 Å². The van der Waals surface area contributed by atoms with Gasteiger partial charge in [0.05, 0.1) is 29.0 Å². The number of fused-ring (bicyclic) bond motifs is 5. The number of carbonyl (C=O) groups excluding carboxylic acids is 2. The van der Waals surface area contributed by atoms with Gasteiger partial charge in [0.2, 0.25) is 5.91 Å². The molecule has 3 aromatic rings. The van der Waals surface area contributed by atoms with Crippen LogP contribution in [0.25, 0.3) is 22.3 Å². The first-order valence-electron chi connectivity index (χ1n) is 13.1. The summed E-state index contributed by atoms with van der Waals surface area (Å²) in [7, 11) is 0. The van der Waals surface area contributed by atoms with Crippen LogP contribution in [0.2, 0.25) is 0 Å². The number of pyridine rings is 2. The van der Waals surface area contributed by atoms with Gasteiger partial charge in [-0.05, 0) is 48.9 Å². The Balaban J connectivity index is 0.000000307. The number of ether oxygens (including phenoxy) is 1. The van der Waals surface area contributed by atoms with Crippen molar-refractivity contribution in [3.05, 3.63) is 61.7 Å². The largest absolute Gasteiger partial charge is 0.458 e. The normalized spacial score (nSPS) is 16.6. The molecule has 1 aliphatic carbocycles. The van der Waals surface area contributed by atoms with Gasteiger partial charge in [-0.2, -0.15) is 12.6 Å². The van der Waals surface area contributed by atoms with E-state index >= 15 is 0 Å². The van der Waals surface area contributed by atoms with E-state index in [1.54, 1.807) is 17.6 Å². The Labute approximate surface area is 231 Å². The molecule has 4 heterocycles. The fraction of sp³-hybridized carbons (Fsp3) is 0.448. The molecule has 1 amide bonds. The first-order chi connectivity index (χ1) is 18.4. The number of carbonyl (C=O) groups is 2. The van der Waals surface area contributed by atoms with Crippen LogP contribution in [0.5, 0.6) is 0 Å². The average Bonchev–Trinajstić information content (AvgIpc) is 3.24. The van der Waals surface area contributed by atoms with Crippen LogP contribution in [0.15, 0.2) is 16.9 Å². The first-order valence-corrected chi connectivity index (χ1v) is 13.6. The number of cyclic esters (lactones) is 1. The molecule has 2 aromatic heterocycles. The van der Waals surface area contributed by atoms with Crippen LogP contribution in [-0.2, 0) is 40.3 Å². The van der Waals surface area contributed by atoms with Crippen molar-refractivity contribution >= 4 is 35.4 Å². The van der Waals surface area contributed by atoms with Crippen LogP contribution >= 0.6 is 12.6 Å². The number of primary amides is 1. The van der Waals surface area contributed by atoms with Gasteiger partial charge in [0.1, 0.15) is 12.4 Å². The molecule has 39 heavy (non-hydrogen) atoms. The fourth-order valence-electron chi connectivity index (χ4n) is 5.49. The summed E-state index contributed by atoms with van der Waals surface area (Å²) in [5, 5.41) is 11.2. The second-order valence-corrected chi connectivity index (χ2v) is 11.7. The minimum atomic E-state index is -1.48. The van der Waals surface area contributed by atoms with Crippen molar-refractivity contribution in [2.75, 3.05) is 0 Å². The topological polar surface area (TPSA) is 125 Å². The van der Waals surface area contributed by atoms with Crippen LogP contribution in [0.1, 0.15) is 80.0 Å². The van der Waals surface area contributed by atoms with Crippen LogP contribution in [-0.4, -0.2) is 31.3 Å². The number of aromatic nitrogens is 2. The maximum atomic E-state index is 14.5. The van der Waals surface area contributed by atoms with Gasteiger partial charge in [-0.15, -0.1) is 0 Å². The smallest absolute Gasteiger partial charge is 0.340 e. The summed E-state index contributed by atoms with van der Waals surface area (Å²) in [4.78, 5) is 39.8. The molecular weight excluding hydrogens is 521 g/mol. The highest BCUT2D eigenvalue weighted by molar-refractivity contribution is 7.81. The molecule has 2 aliphatic heterocycles. The Morgan fingerprint density at radius 1 is 1.21 bits per heavy atom. The summed E-state index contributed by atoms with van der Waals surface area (Å²) >= 11 is 4.09. The van der Waals surface area contributed by atoms with Gasteiger partial charge in [-0.25, -0.2) is 14.2 Å². The van der Waals surface area contributed by atoms with Gasteiger partial charge >= 0.3 is 5.97 Å². The van der Waals surface area contributed by atoms with Crippen molar-refractivity contribution < 1.29 is 23.8 Å². The third-order valence-corrected chi connectivity index (χ3v) is 7.31. The van der Waals surface area contributed by atoms with E-state index in [9.17, 15) is 23.9 Å². The molecule has 3 aliphatic rings. The Bertz CT molecular complexity index is 1560. The molecule has 0 radical (unpaired) electrons. The minimum Gasteiger partial charge on any atom is -0.458 e. The zero-order valence-corrected chi connectivity index (χ0v) is 23.7. The molecule has 0 saturated heterocycles. The number of hydrogen-bond acceptors (Lipinski definition) is 7. The third kappa shape index (κ3) is 5.19. The summed E-state index contributed by atoms with van der Waals surface area (Å²) in [5.74, 6) is -1.33. The van der Waals surface area contributed by atoms with E-state index < -0.39 is 12.1 Å². The van der Waals surface area contributed by atoms with E-state index in [4.69, 9.17) is 15.5 Å². The second kappa shape index (κ2) is 10.7.